The van der Waals surface area contributed by atoms with Crippen molar-refractivity contribution in [3.8, 4) is 5.75 Å². The molecule has 0 spiro atoms. The van der Waals surface area contributed by atoms with Crippen LogP contribution in [0.2, 0.25) is 0 Å². The number of rotatable bonds is 7. The lowest BCUT2D eigenvalue weighted by atomic mass is 10.0. The van der Waals surface area contributed by atoms with Gasteiger partial charge in [0.1, 0.15) is 11.3 Å². The van der Waals surface area contributed by atoms with Crippen molar-refractivity contribution in [1.82, 2.24) is 15.1 Å². The number of fused-ring (bicyclic) bond motifs is 1. The van der Waals surface area contributed by atoms with Crippen molar-refractivity contribution < 1.29 is 45.1 Å². The minimum atomic E-state index is -4.74. The van der Waals surface area contributed by atoms with Gasteiger partial charge in [-0.3, -0.25) is 14.5 Å². The fraction of sp³-hybridized carbons (Fsp3) is 0.353. The van der Waals surface area contributed by atoms with E-state index < -0.39 is 18.1 Å². The summed E-state index contributed by atoms with van der Waals surface area (Å²) in [6.45, 7) is 3.39. The fourth-order valence-corrected chi connectivity index (χ4v) is 6.06. The number of alkyl halides is 6. The van der Waals surface area contributed by atoms with Crippen molar-refractivity contribution in [2.75, 3.05) is 44.2 Å². The van der Waals surface area contributed by atoms with Crippen molar-refractivity contribution in [2.24, 2.45) is 0 Å². The Morgan fingerprint density at radius 1 is 0.833 bits per heavy atom. The van der Waals surface area contributed by atoms with Gasteiger partial charge in [-0.1, -0.05) is 18.2 Å². The molecule has 254 valence electrons. The molecular weight excluding hydrogens is 642 g/mol. The Bertz CT molecular complexity index is 1760. The van der Waals surface area contributed by atoms with Crippen molar-refractivity contribution in [1.29, 1.82) is 0 Å². The molecule has 2 fully saturated rings. The summed E-state index contributed by atoms with van der Waals surface area (Å²) in [5, 5.41) is 3.60. The topological polar surface area (TPSA) is 78.3 Å². The third kappa shape index (κ3) is 8.04. The highest BCUT2D eigenvalue weighted by molar-refractivity contribution is 6.00. The molecular formula is C34H32F6N4O4. The highest BCUT2D eigenvalue weighted by Crippen LogP contribution is 2.32. The molecule has 2 saturated heterocycles. The van der Waals surface area contributed by atoms with Crippen LogP contribution in [0.25, 0.3) is 11.0 Å². The first-order chi connectivity index (χ1) is 22.8. The van der Waals surface area contributed by atoms with Crippen molar-refractivity contribution in [2.45, 2.75) is 38.0 Å². The van der Waals surface area contributed by atoms with Gasteiger partial charge < -0.3 is 24.3 Å². The number of benzene rings is 3. The Kier molecular flexibility index (Phi) is 9.28. The average molecular weight is 675 g/mol. The molecule has 2 aliphatic heterocycles. The van der Waals surface area contributed by atoms with Crippen LogP contribution in [-0.4, -0.2) is 73.3 Å². The Hall–Kier alpha value is -4.72. The van der Waals surface area contributed by atoms with Gasteiger partial charge in [0.25, 0.3) is 11.8 Å². The van der Waals surface area contributed by atoms with Crippen LogP contribution in [-0.2, 0) is 12.7 Å². The number of amides is 2. The number of furan rings is 1. The molecule has 2 aliphatic rings. The number of nitrogens with one attached hydrogen (secondary N) is 1. The largest absolute Gasteiger partial charge is 0.573 e. The van der Waals surface area contributed by atoms with E-state index in [9.17, 15) is 35.9 Å². The summed E-state index contributed by atoms with van der Waals surface area (Å²) >= 11 is 0. The number of ether oxygens (including phenoxy) is 1. The van der Waals surface area contributed by atoms with Crippen LogP contribution < -0.4 is 15.0 Å². The number of anilines is 1. The maximum atomic E-state index is 13.3. The molecule has 0 atom stereocenters. The molecule has 0 unspecified atom stereocenters. The maximum Gasteiger partial charge on any atom is 0.573 e. The van der Waals surface area contributed by atoms with E-state index in [1.54, 1.807) is 47.4 Å². The highest BCUT2D eigenvalue weighted by Gasteiger charge is 2.32. The quantitative estimate of drug-likeness (QED) is 0.220. The lowest BCUT2D eigenvalue weighted by molar-refractivity contribution is -0.274. The molecule has 0 aliphatic carbocycles. The second-order valence-corrected chi connectivity index (χ2v) is 11.9. The summed E-state index contributed by atoms with van der Waals surface area (Å²) in [7, 11) is 0. The summed E-state index contributed by atoms with van der Waals surface area (Å²) in [5.74, 6) is -0.740. The summed E-state index contributed by atoms with van der Waals surface area (Å²) < 4.78 is 86.3. The van der Waals surface area contributed by atoms with Gasteiger partial charge in [0, 0.05) is 68.5 Å². The normalized spacial score (nSPS) is 16.7. The van der Waals surface area contributed by atoms with Crippen LogP contribution >= 0.6 is 0 Å². The molecule has 3 aromatic carbocycles. The maximum absolute atomic E-state index is 13.3. The molecule has 6 rings (SSSR count). The monoisotopic (exact) mass is 674 g/mol. The Morgan fingerprint density at radius 3 is 2.21 bits per heavy atom. The van der Waals surface area contributed by atoms with Crippen LogP contribution in [0, 0.1) is 0 Å². The number of piperazine rings is 1. The molecule has 0 saturated carbocycles. The van der Waals surface area contributed by atoms with E-state index in [0.717, 1.165) is 17.7 Å². The van der Waals surface area contributed by atoms with Crippen molar-refractivity contribution >= 4 is 28.5 Å². The van der Waals surface area contributed by atoms with Crippen LogP contribution in [0.5, 0.6) is 5.75 Å². The number of likely N-dealkylation sites (tertiary alicyclic amines) is 1. The number of carbonyl (C=O) groups is 2. The van der Waals surface area contributed by atoms with E-state index in [1.807, 2.05) is 4.90 Å². The van der Waals surface area contributed by atoms with Crippen LogP contribution in [0.15, 0.2) is 77.2 Å². The van der Waals surface area contributed by atoms with Gasteiger partial charge >= 0.3 is 12.5 Å². The highest BCUT2D eigenvalue weighted by atomic mass is 19.4. The Balaban J connectivity index is 0.992. The molecule has 2 amide bonds. The minimum Gasteiger partial charge on any atom is -0.451 e. The molecule has 14 heteroatoms. The van der Waals surface area contributed by atoms with Gasteiger partial charge in [0.15, 0.2) is 5.76 Å². The smallest absolute Gasteiger partial charge is 0.451 e. The first kappa shape index (κ1) is 33.2. The molecule has 0 radical (unpaired) electrons. The van der Waals surface area contributed by atoms with Gasteiger partial charge in [0.2, 0.25) is 0 Å². The van der Waals surface area contributed by atoms with E-state index in [4.69, 9.17) is 4.42 Å². The second-order valence-electron chi connectivity index (χ2n) is 11.9. The van der Waals surface area contributed by atoms with Gasteiger partial charge in [-0.25, -0.2) is 0 Å². The fourth-order valence-electron chi connectivity index (χ4n) is 6.06. The average Bonchev–Trinajstić information content (AvgIpc) is 3.49. The number of hydrogen-bond donors (Lipinski definition) is 1. The van der Waals surface area contributed by atoms with E-state index in [0.29, 0.717) is 80.9 Å². The zero-order valence-corrected chi connectivity index (χ0v) is 25.6. The minimum absolute atomic E-state index is 0.0868. The van der Waals surface area contributed by atoms with Crippen molar-refractivity contribution in [3.05, 3.63) is 95.2 Å². The van der Waals surface area contributed by atoms with E-state index in [1.165, 1.54) is 18.2 Å². The zero-order chi connectivity index (χ0) is 34.1. The zero-order valence-electron chi connectivity index (χ0n) is 25.6. The first-order valence-corrected chi connectivity index (χ1v) is 15.4. The van der Waals surface area contributed by atoms with Gasteiger partial charge in [-0.2, -0.15) is 13.2 Å². The molecule has 1 aromatic heterocycles. The molecule has 4 aromatic rings. The third-order valence-corrected chi connectivity index (χ3v) is 8.58. The number of hydrogen-bond acceptors (Lipinski definition) is 6. The summed E-state index contributed by atoms with van der Waals surface area (Å²) in [6, 6.07) is 17.4. The second kappa shape index (κ2) is 13.4. The molecule has 3 heterocycles. The Labute approximate surface area is 271 Å². The number of carbonyl (C=O) groups excluding carboxylic acids is 2. The first-order valence-electron chi connectivity index (χ1n) is 15.4. The lowest BCUT2D eigenvalue weighted by Gasteiger charge is -2.36. The SMILES string of the molecule is O=C(NC1CCN(Cc2ccc(OC(F)(F)F)cc2)CC1)c1cc2cc(C(=O)N3CCN(c4cccc(C(F)(F)F)c4)CC3)ccc2o1. The molecule has 8 nitrogen and oxygen atoms in total. The summed E-state index contributed by atoms with van der Waals surface area (Å²) in [5.41, 5.74) is 1.46. The van der Waals surface area contributed by atoms with E-state index >= 15 is 0 Å². The molecule has 48 heavy (non-hydrogen) atoms. The summed E-state index contributed by atoms with van der Waals surface area (Å²) in [4.78, 5) is 31.9. The van der Waals surface area contributed by atoms with Crippen molar-refractivity contribution in [3.63, 3.8) is 0 Å². The van der Waals surface area contributed by atoms with Crippen LogP contribution in [0.4, 0.5) is 32.0 Å². The third-order valence-electron chi connectivity index (χ3n) is 8.58. The predicted molar refractivity (Wildman–Crippen MR) is 165 cm³/mol. The Morgan fingerprint density at radius 2 is 1.54 bits per heavy atom. The number of nitrogens with zero attached hydrogens (tertiary/aromatic N) is 3. The standard InChI is InChI=1S/C34H32F6N4O4/c35-33(36,37)25-2-1-3-27(20-25)43-14-16-44(17-15-43)32(46)23-6-9-29-24(18-23)19-30(47-29)31(45)41-26-10-12-42(13-11-26)21-22-4-7-28(8-5-22)48-34(38,39)40/h1-9,18-20,26H,10-17,21H2,(H,41,45). The van der Waals surface area contributed by atoms with Gasteiger partial charge in [0.05, 0.1) is 5.56 Å². The van der Waals surface area contributed by atoms with E-state index in [2.05, 4.69) is 15.0 Å². The lowest BCUT2D eigenvalue weighted by Crippen LogP contribution is -2.48. The predicted octanol–water partition coefficient (Wildman–Crippen LogP) is 6.71. The van der Waals surface area contributed by atoms with Gasteiger partial charge in [-0.05, 0) is 73.0 Å². The van der Waals surface area contributed by atoms with Crippen LogP contribution in [0.1, 0.15) is 44.9 Å². The number of halogens is 6. The number of piperidine rings is 1. The molecule has 1 N–H and O–H groups in total. The van der Waals surface area contributed by atoms with Crippen LogP contribution in [0.3, 0.4) is 0 Å². The summed E-state index contributed by atoms with van der Waals surface area (Å²) in [6.07, 6.45) is -7.80. The van der Waals surface area contributed by atoms with Gasteiger partial charge in [-0.15, -0.1) is 13.2 Å². The van der Waals surface area contributed by atoms with E-state index in [-0.39, 0.29) is 29.4 Å². The molecule has 0 bridgehead atoms.